The lowest BCUT2D eigenvalue weighted by Gasteiger charge is -1.98. The lowest BCUT2D eigenvalue weighted by atomic mass is 10.2. The highest BCUT2D eigenvalue weighted by Crippen LogP contribution is 2.24. The van der Waals surface area contributed by atoms with E-state index in [0.29, 0.717) is 4.34 Å². The SMILES string of the molecule is [S-]c1n[n+](-c2ccccc2)c(-c2ccc(Cl)cc2)s1. The molecule has 0 bridgehead atoms. The van der Waals surface area contributed by atoms with Crippen LogP contribution in [0.15, 0.2) is 58.9 Å². The molecular formula is C14H9ClN2S2. The summed E-state index contributed by atoms with van der Waals surface area (Å²) >= 11 is 12.6. The predicted octanol–water partition coefficient (Wildman–Crippen LogP) is 3.65. The van der Waals surface area contributed by atoms with Crippen molar-refractivity contribution in [2.75, 3.05) is 0 Å². The first-order valence-corrected chi connectivity index (χ1v) is 7.26. The molecule has 0 atom stereocenters. The summed E-state index contributed by atoms with van der Waals surface area (Å²) in [5.74, 6) is 0. The number of rotatable bonds is 2. The quantitative estimate of drug-likeness (QED) is 0.531. The van der Waals surface area contributed by atoms with E-state index < -0.39 is 0 Å². The molecule has 1 heterocycles. The predicted molar refractivity (Wildman–Crippen MR) is 79.7 cm³/mol. The summed E-state index contributed by atoms with van der Waals surface area (Å²) in [6, 6.07) is 17.7. The van der Waals surface area contributed by atoms with E-state index in [1.165, 1.54) is 11.3 Å². The zero-order valence-electron chi connectivity index (χ0n) is 9.79. The van der Waals surface area contributed by atoms with Crippen molar-refractivity contribution in [2.24, 2.45) is 0 Å². The summed E-state index contributed by atoms with van der Waals surface area (Å²) in [5.41, 5.74) is 2.06. The van der Waals surface area contributed by atoms with Gasteiger partial charge in [0, 0.05) is 27.1 Å². The number of para-hydroxylation sites is 1. The van der Waals surface area contributed by atoms with Gasteiger partial charge in [-0.25, -0.2) is 0 Å². The molecule has 0 aliphatic heterocycles. The Morgan fingerprint density at radius 3 is 2.37 bits per heavy atom. The van der Waals surface area contributed by atoms with Gasteiger partial charge in [-0.05, 0) is 29.4 Å². The van der Waals surface area contributed by atoms with E-state index in [9.17, 15) is 0 Å². The summed E-state index contributed by atoms with van der Waals surface area (Å²) in [5, 5.41) is 6.12. The van der Waals surface area contributed by atoms with E-state index >= 15 is 0 Å². The van der Waals surface area contributed by atoms with Gasteiger partial charge in [0.2, 0.25) is 10.7 Å². The van der Waals surface area contributed by atoms with Crippen molar-refractivity contribution in [1.29, 1.82) is 0 Å². The summed E-state index contributed by atoms with van der Waals surface area (Å²) in [6.07, 6.45) is 0. The molecule has 0 fully saturated rings. The van der Waals surface area contributed by atoms with Crippen LogP contribution < -0.4 is 4.68 Å². The molecule has 5 heteroatoms. The van der Waals surface area contributed by atoms with E-state index in [0.717, 1.165) is 21.3 Å². The van der Waals surface area contributed by atoms with Crippen molar-refractivity contribution in [2.45, 2.75) is 4.34 Å². The van der Waals surface area contributed by atoms with Crippen molar-refractivity contribution >= 4 is 35.6 Å². The van der Waals surface area contributed by atoms with Gasteiger partial charge in [0.1, 0.15) is 0 Å². The molecule has 19 heavy (non-hydrogen) atoms. The monoisotopic (exact) mass is 304 g/mol. The van der Waals surface area contributed by atoms with Crippen LogP contribution in [-0.4, -0.2) is 5.10 Å². The zero-order valence-corrected chi connectivity index (χ0v) is 12.2. The van der Waals surface area contributed by atoms with Gasteiger partial charge in [0.05, 0.1) is 0 Å². The molecule has 2 aromatic carbocycles. The van der Waals surface area contributed by atoms with E-state index in [-0.39, 0.29) is 0 Å². The number of benzene rings is 2. The molecule has 3 aromatic rings. The highest BCUT2D eigenvalue weighted by Gasteiger charge is 2.16. The van der Waals surface area contributed by atoms with Gasteiger partial charge in [-0.3, -0.25) is 11.3 Å². The first-order valence-electron chi connectivity index (χ1n) is 5.65. The molecule has 0 N–H and O–H groups in total. The van der Waals surface area contributed by atoms with Gasteiger partial charge in [-0.15, -0.1) is 0 Å². The van der Waals surface area contributed by atoms with Gasteiger partial charge >= 0.3 is 0 Å². The third kappa shape index (κ3) is 2.61. The fourth-order valence-corrected chi connectivity index (χ4v) is 3.01. The Bertz CT molecular complexity index is 693. The maximum absolute atomic E-state index is 5.92. The lowest BCUT2D eigenvalue weighted by molar-refractivity contribution is -0.646. The molecule has 0 aliphatic rings. The largest absolute Gasteiger partial charge is 0.402 e. The Labute approximate surface area is 125 Å². The normalized spacial score (nSPS) is 10.6. The minimum Gasteiger partial charge on any atom is -0.402 e. The molecule has 1 aromatic heterocycles. The average Bonchev–Trinajstić information content (AvgIpc) is 2.83. The Morgan fingerprint density at radius 2 is 1.68 bits per heavy atom. The van der Waals surface area contributed by atoms with Crippen molar-refractivity contribution in [3.8, 4) is 16.3 Å². The molecule has 0 saturated carbocycles. The number of hydrogen-bond acceptors (Lipinski definition) is 3. The maximum Gasteiger partial charge on any atom is 0.237 e. The molecule has 0 unspecified atom stereocenters. The minimum atomic E-state index is 0.619. The lowest BCUT2D eigenvalue weighted by Crippen LogP contribution is -2.34. The van der Waals surface area contributed by atoms with Crippen LogP contribution in [0.5, 0.6) is 0 Å². The number of hydrogen-bond donors (Lipinski definition) is 0. The van der Waals surface area contributed by atoms with Crippen molar-refractivity contribution in [1.82, 2.24) is 5.10 Å². The van der Waals surface area contributed by atoms with Crippen LogP contribution in [0.4, 0.5) is 0 Å². The Morgan fingerprint density at radius 1 is 1.00 bits per heavy atom. The first kappa shape index (κ1) is 12.5. The van der Waals surface area contributed by atoms with Crippen LogP contribution >= 0.6 is 22.9 Å². The van der Waals surface area contributed by atoms with Crippen LogP contribution in [0.25, 0.3) is 16.3 Å². The fraction of sp³-hybridized carbons (Fsp3) is 0. The number of nitrogens with zero attached hydrogens (tertiary/aromatic N) is 2. The topological polar surface area (TPSA) is 16.8 Å². The minimum absolute atomic E-state index is 0.619. The average molecular weight is 305 g/mol. The van der Waals surface area contributed by atoms with Crippen LogP contribution in [-0.2, 0) is 12.6 Å². The number of halogens is 1. The van der Waals surface area contributed by atoms with Crippen LogP contribution in [0.2, 0.25) is 5.02 Å². The molecule has 0 spiro atoms. The van der Waals surface area contributed by atoms with Crippen LogP contribution in [0.3, 0.4) is 0 Å². The van der Waals surface area contributed by atoms with E-state index in [2.05, 4.69) is 5.10 Å². The maximum atomic E-state index is 5.92. The van der Waals surface area contributed by atoms with E-state index in [1.54, 1.807) is 0 Å². The van der Waals surface area contributed by atoms with Gasteiger partial charge in [0.25, 0.3) is 0 Å². The molecule has 0 aliphatic carbocycles. The molecule has 0 radical (unpaired) electrons. The second kappa shape index (κ2) is 5.25. The smallest absolute Gasteiger partial charge is 0.237 e. The highest BCUT2D eigenvalue weighted by atomic mass is 35.5. The van der Waals surface area contributed by atoms with Crippen molar-refractivity contribution in [3.05, 3.63) is 59.6 Å². The molecular weight excluding hydrogens is 296 g/mol. The second-order valence-corrected chi connectivity index (χ2v) is 5.99. The van der Waals surface area contributed by atoms with Gasteiger partial charge < -0.3 is 12.6 Å². The Kier molecular flexibility index (Phi) is 3.46. The summed E-state index contributed by atoms with van der Waals surface area (Å²) in [4.78, 5) is 0. The standard InChI is InChI=1S/C14H9ClN2S2/c15-11-8-6-10(7-9-11)13-17(16-14(18)19-13)12-4-2-1-3-5-12/h1-9H. The number of aromatic nitrogens is 2. The van der Waals surface area contributed by atoms with Crippen LogP contribution in [0.1, 0.15) is 0 Å². The summed E-state index contributed by atoms with van der Waals surface area (Å²) in [6.45, 7) is 0. The molecule has 0 saturated heterocycles. The van der Waals surface area contributed by atoms with Crippen molar-refractivity contribution < 1.29 is 4.68 Å². The second-order valence-electron chi connectivity index (χ2n) is 3.93. The highest BCUT2D eigenvalue weighted by molar-refractivity contribution is 7.62. The molecule has 0 amide bonds. The first-order chi connectivity index (χ1) is 9.24. The Hall–Kier alpha value is -1.49. The fourth-order valence-electron chi connectivity index (χ4n) is 1.79. The zero-order chi connectivity index (χ0) is 13.2. The molecule has 94 valence electrons. The van der Waals surface area contributed by atoms with Gasteiger partial charge in [-0.1, -0.05) is 34.5 Å². The third-order valence-corrected chi connectivity index (χ3v) is 4.09. The van der Waals surface area contributed by atoms with Crippen LogP contribution in [0, 0.1) is 0 Å². The van der Waals surface area contributed by atoms with Crippen molar-refractivity contribution in [3.63, 3.8) is 0 Å². The molecule has 2 nitrogen and oxygen atoms in total. The van der Waals surface area contributed by atoms with E-state index in [1.807, 2.05) is 59.3 Å². The van der Waals surface area contributed by atoms with E-state index in [4.69, 9.17) is 24.2 Å². The van der Waals surface area contributed by atoms with Gasteiger partial charge in [0.15, 0.2) is 0 Å². The summed E-state index contributed by atoms with van der Waals surface area (Å²) in [7, 11) is 0. The van der Waals surface area contributed by atoms with Gasteiger partial charge in [-0.2, -0.15) is 0 Å². The molecule has 3 rings (SSSR count). The Balaban J connectivity index is 2.15. The summed E-state index contributed by atoms with van der Waals surface area (Å²) < 4.78 is 2.49. The third-order valence-electron chi connectivity index (χ3n) is 2.65.